The lowest BCUT2D eigenvalue weighted by Crippen LogP contribution is -2.44. The van der Waals surface area contributed by atoms with Gasteiger partial charge >= 0.3 is 0 Å². The quantitative estimate of drug-likeness (QED) is 0.220. The Bertz CT molecular complexity index is 1700. The Morgan fingerprint density at radius 2 is 1.64 bits per heavy atom. The molecule has 42 heavy (non-hydrogen) atoms. The summed E-state index contributed by atoms with van der Waals surface area (Å²) >= 11 is 3.48. The fourth-order valence-electron chi connectivity index (χ4n) is 5.59. The summed E-state index contributed by atoms with van der Waals surface area (Å²) in [6, 6.07) is 27.5. The number of rotatable bonds is 7. The number of nitrogens with zero attached hydrogens (tertiary/aromatic N) is 2. The van der Waals surface area contributed by atoms with Crippen molar-refractivity contribution in [2.75, 3.05) is 16.4 Å². The molecule has 2 heterocycles. The molecule has 0 saturated carbocycles. The second-order valence-electron chi connectivity index (χ2n) is 10.4. The van der Waals surface area contributed by atoms with E-state index < -0.39 is 17.4 Å². The Labute approximate surface area is 252 Å². The standard InChI is InChI=1S/C34H29BrN2O5/c1-22(8-6-7-19-38)34(41)27-20-24(35)15-18-28(27)36(33(34)40)21-23-13-16-25(17-14-23)37-29-10-3-5-12-31(29)42-30-11-4-2-9-26(30)32(37)39/h2-6,8-18,20,22,38,41H,7,19,21H2,1H3/b8-6+/t22-,34+/m0/s1. The molecule has 0 aliphatic carbocycles. The third kappa shape index (κ3) is 4.71. The van der Waals surface area contributed by atoms with Gasteiger partial charge in [-0.1, -0.05) is 71.4 Å². The van der Waals surface area contributed by atoms with Crippen LogP contribution in [0.3, 0.4) is 0 Å². The normalized spacial score (nSPS) is 18.4. The first-order chi connectivity index (χ1) is 20.3. The molecule has 4 aromatic carbocycles. The number of hydrogen-bond donors (Lipinski definition) is 2. The smallest absolute Gasteiger partial charge is 0.266 e. The summed E-state index contributed by atoms with van der Waals surface area (Å²) in [5.74, 6) is -0.0557. The van der Waals surface area contributed by atoms with Crippen molar-refractivity contribution in [3.63, 3.8) is 0 Å². The number of fused-ring (bicyclic) bond motifs is 3. The number of para-hydroxylation sites is 3. The lowest BCUT2D eigenvalue weighted by Gasteiger charge is -2.28. The molecule has 0 saturated heterocycles. The molecule has 0 bridgehead atoms. The summed E-state index contributed by atoms with van der Waals surface area (Å²) < 4.78 is 6.87. The molecule has 0 fully saturated rings. The van der Waals surface area contributed by atoms with Crippen molar-refractivity contribution in [2.45, 2.75) is 25.5 Å². The summed E-state index contributed by atoms with van der Waals surface area (Å²) in [5, 5.41) is 21.0. The number of carbonyl (C=O) groups excluding carboxylic acids is 2. The Morgan fingerprint density at radius 3 is 2.40 bits per heavy atom. The molecular formula is C34H29BrN2O5. The summed E-state index contributed by atoms with van der Waals surface area (Å²) in [6.45, 7) is 2.03. The minimum Gasteiger partial charge on any atom is -0.454 e. The highest BCUT2D eigenvalue weighted by Crippen LogP contribution is 2.47. The van der Waals surface area contributed by atoms with Crippen molar-refractivity contribution < 1.29 is 24.5 Å². The van der Waals surface area contributed by atoms with Crippen molar-refractivity contribution in [1.29, 1.82) is 0 Å². The number of anilines is 3. The zero-order valence-electron chi connectivity index (χ0n) is 22.9. The van der Waals surface area contributed by atoms with E-state index in [1.807, 2.05) is 72.8 Å². The highest BCUT2D eigenvalue weighted by molar-refractivity contribution is 9.10. The lowest BCUT2D eigenvalue weighted by atomic mass is 9.83. The van der Waals surface area contributed by atoms with E-state index in [9.17, 15) is 14.7 Å². The van der Waals surface area contributed by atoms with Gasteiger partial charge in [-0.3, -0.25) is 14.5 Å². The second kappa shape index (κ2) is 11.2. The maximum atomic E-state index is 13.8. The van der Waals surface area contributed by atoms with E-state index in [0.29, 0.717) is 46.1 Å². The number of ether oxygens (including phenoxy) is 1. The molecule has 0 spiro atoms. The van der Waals surface area contributed by atoms with Crippen molar-refractivity contribution in [3.05, 3.63) is 124 Å². The number of amides is 2. The number of hydrogen-bond acceptors (Lipinski definition) is 5. The van der Waals surface area contributed by atoms with Crippen molar-refractivity contribution in [3.8, 4) is 11.5 Å². The third-order valence-corrected chi connectivity index (χ3v) is 8.29. The molecule has 0 unspecified atom stereocenters. The van der Waals surface area contributed by atoms with E-state index in [0.717, 1.165) is 10.0 Å². The zero-order valence-corrected chi connectivity index (χ0v) is 24.5. The number of benzene rings is 4. The number of halogens is 1. The van der Waals surface area contributed by atoms with E-state index in [1.54, 1.807) is 47.1 Å². The van der Waals surface area contributed by atoms with E-state index >= 15 is 0 Å². The monoisotopic (exact) mass is 624 g/mol. The Hall–Kier alpha value is -4.24. The number of carbonyl (C=O) groups is 2. The van der Waals surface area contributed by atoms with Crippen molar-refractivity contribution in [2.24, 2.45) is 5.92 Å². The molecule has 2 aliphatic heterocycles. The topological polar surface area (TPSA) is 90.3 Å². The molecule has 7 nitrogen and oxygen atoms in total. The van der Waals surface area contributed by atoms with Gasteiger partial charge < -0.3 is 19.8 Å². The van der Waals surface area contributed by atoms with Gasteiger partial charge in [0.1, 0.15) is 5.75 Å². The van der Waals surface area contributed by atoms with Gasteiger partial charge in [-0.15, -0.1) is 0 Å². The molecule has 8 heteroatoms. The molecule has 0 aromatic heterocycles. The first-order valence-corrected chi connectivity index (χ1v) is 14.5. The average Bonchev–Trinajstić information content (AvgIpc) is 3.12. The van der Waals surface area contributed by atoms with Crippen LogP contribution in [0.25, 0.3) is 0 Å². The first kappa shape index (κ1) is 27.9. The minimum absolute atomic E-state index is 0.00596. The Balaban J connectivity index is 1.32. The Kier molecular flexibility index (Phi) is 7.45. The zero-order chi connectivity index (χ0) is 29.4. The third-order valence-electron chi connectivity index (χ3n) is 7.79. The van der Waals surface area contributed by atoms with Crippen LogP contribution in [0.15, 0.2) is 108 Å². The van der Waals surface area contributed by atoms with E-state index in [4.69, 9.17) is 9.84 Å². The molecule has 2 N–H and O–H groups in total. The highest BCUT2D eigenvalue weighted by Gasteiger charge is 2.52. The van der Waals surface area contributed by atoms with Gasteiger partial charge in [-0.25, -0.2) is 0 Å². The fourth-order valence-corrected chi connectivity index (χ4v) is 5.95. The van der Waals surface area contributed by atoms with Crippen LogP contribution in [0.1, 0.15) is 34.8 Å². The van der Waals surface area contributed by atoms with Gasteiger partial charge in [0.15, 0.2) is 11.4 Å². The maximum Gasteiger partial charge on any atom is 0.266 e. The Morgan fingerprint density at radius 1 is 0.929 bits per heavy atom. The van der Waals surface area contributed by atoms with Crippen LogP contribution in [-0.2, 0) is 16.9 Å². The molecule has 212 valence electrons. The molecule has 2 atom stereocenters. The molecule has 0 radical (unpaired) electrons. The summed E-state index contributed by atoms with van der Waals surface area (Å²) in [6.07, 6.45) is 3.99. The molecule has 4 aromatic rings. The van der Waals surface area contributed by atoms with E-state index in [2.05, 4.69) is 15.9 Å². The van der Waals surface area contributed by atoms with E-state index in [-0.39, 0.29) is 19.1 Å². The van der Waals surface area contributed by atoms with Gasteiger partial charge in [0, 0.05) is 28.2 Å². The van der Waals surface area contributed by atoms with E-state index in [1.165, 1.54) is 0 Å². The van der Waals surface area contributed by atoms with Crippen molar-refractivity contribution >= 4 is 44.8 Å². The lowest BCUT2D eigenvalue weighted by molar-refractivity contribution is -0.139. The van der Waals surface area contributed by atoms with Crippen LogP contribution >= 0.6 is 15.9 Å². The number of aliphatic hydroxyl groups excluding tert-OH is 1. The predicted octanol–water partition coefficient (Wildman–Crippen LogP) is 6.84. The van der Waals surface area contributed by atoms with Crippen LogP contribution < -0.4 is 14.5 Å². The van der Waals surface area contributed by atoms with Gasteiger partial charge in [-0.2, -0.15) is 0 Å². The molecular weight excluding hydrogens is 596 g/mol. The van der Waals surface area contributed by atoms with Crippen molar-refractivity contribution in [1.82, 2.24) is 0 Å². The molecule has 2 aliphatic rings. The summed E-state index contributed by atoms with van der Waals surface area (Å²) in [4.78, 5) is 30.8. The van der Waals surface area contributed by atoms with Crippen LogP contribution in [0.5, 0.6) is 11.5 Å². The summed E-state index contributed by atoms with van der Waals surface area (Å²) in [7, 11) is 0. The first-order valence-electron chi connectivity index (χ1n) is 13.7. The fraction of sp³-hybridized carbons (Fsp3) is 0.176. The van der Waals surface area contributed by atoms with Crippen LogP contribution in [-0.4, -0.2) is 28.6 Å². The molecule has 6 rings (SSSR count). The van der Waals surface area contributed by atoms with Crippen LogP contribution in [0, 0.1) is 5.92 Å². The van der Waals surface area contributed by atoms with Gasteiger partial charge in [-0.05, 0) is 66.6 Å². The predicted molar refractivity (Wildman–Crippen MR) is 165 cm³/mol. The van der Waals surface area contributed by atoms with Crippen LogP contribution in [0.2, 0.25) is 0 Å². The largest absolute Gasteiger partial charge is 0.454 e. The average molecular weight is 626 g/mol. The van der Waals surface area contributed by atoms with Gasteiger partial charge in [0.25, 0.3) is 11.8 Å². The maximum absolute atomic E-state index is 13.8. The van der Waals surface area contributed by atoms with Crippen LogP contribution in [0.4, 0.5) is 17.1 Å². The SMILES string of the molecule is C[C@@H](/C=C/CCO)[C@]1(O)C(=O)N(Cc2ccc(N3C(=O)c4ccccc4Oc4ccccc43)cc2)c2ccc(Br)cc21. The highest BCUT2D eigenvalue weighted by atomic mass is 79.9. The summed E-state index contributed by atoms with van der Waals surface area (Å²) in [5.41, 5.74) is 2.01. The molecule has 2 amide bonds. The number of aliphatic hydroxyl groups is 2. The van der Waals surface area contributed by atoms with Gasteiger partial charge in [0.05, 0.1) is 23.5 Å². The second-order valence-corrected chi connectivity index (χ2v) is 11.3. The van der Waals surface area contributed by atoms with Gasteiger partial charge in [0.2, 0.25) is 0 Å². The minimum atomic E-state index is -1.75.